The highest BCUT2D eigenvalue weighted by atomic mass is 16.6. The predicted molar refractivity (Wildman–Crippen MR) is 181 cm³/mol. The zero-order valence-corrected chi connectivity index (χ0v) is 28.5. The molecule has 0 aromatic carbocycles. The molecule has 0 bridgehead atoms. The van der Waals surface area contributed by atoms with Crippen LogP contribution >= 0.6 is 0 Å². The first-order valence-electron chi connectivity index (χ1n) is 16.5. The van der Waals surface area contributed by atoms with Crippen molar-refractivity contribution in [2.24, 2.45) is 0 Å². The Morgan fingerprint density at radius 3 is 1.55 bits per heavy atom. The fraction of sp³-hybridized carbons (Fsp3) is 0.517. The average Bonchev–Trinajstić information content (AvgIpc) is 3.98. The summed E-state index contributed by atoms with van der Waals surface area (Å²) in [7, 11) is 0. The van der Waals surface area contributed by atoms with Gasteiger partial charge in [0.05, 0.1) is 38.8 Å². The first-order valence-corrected chi connectivity index (χ1v) is 16.5. The zero-order chi connectivity index (χ0) is 40.6. The Kier molecular flexibility index (Phi) is 11.8. The van der Waals surface area contributed by atoms with Crippen LogP contribution in [0.5, 0.6) is 0 Å². The molecule has 0 saturated carbocycles. The van der Waals surface area contributed by atoms with E-state index in [2.05, 4.69) is 29.9 Å². The van der Waals surface area contributed by atoms with Gasteiger partial charge in [0.25, 0.3) is 16.7 Å². The summed E-state index contributed by atoms with van der Waals surface area (Å²) in [6, 6.07) is 1.09. The van der Waals surface area contributed by atoms with Gasteiger partial charge >= 0.3 is 5.69 Å². The van der Waals surface area contributed by atoms with Crippen LogP contribution in [0.1, 0.15) is 18.7 Å². The second kappa shape index (κ2) is 16.4. The number of imidazole rings is 2. The minimum atomic E-state index is -1.35. The molecule has 14 N–H and O–H groups in total. The maximum atomic E-state index is 11.7. The molecule has 3 aliphatic heterocycles. The lowest BCUT2D eigenvalue weighted by Gasteiger charge is -2.16. The second-order valence-electron chi connectivity index (χ2n) is 12.5. The van der Waals surface area contributed by atoms with Gasteiger partial charge in [-0.2, -0.15) is 4.98 Å². The van der Waals surface area contributed by atoms with Crippen molar-refractivity contribution in [3.63, 3.8) is 0 Å². The minimum Gasteiger partial charge on any atom is -0.394 e. The van der Waals surface area contributed by atoms with Gasteiger partial charge in [0, 0.05) is 12.3 Å². The molecule has 5 aromatic heterocycles. The Morgan fingerprint density at radius 1 is 0.625 bits per heavy atom. The number of nitrogens with zero attached hydrogens (tertiary/aromatic N) is 7. The molecule has 12 atom stereocenters. The van der Waals surface area contributed by atoms with E-state index in [1.165, 1.54) is 28.1 Å². The molecule has 3 aliphatic rings. The Labute approximate surface area is 309 Å². The number of aliphatic hydroxyl groups is 9. The molecular formula is C29H37N11O16. The highest BCUT2D eigenvalue weighted by Crippen LogP contribution is 2.32. The van der Waals surface area contributed by atoms with Gasteiger partial charge in [0.2, 0.25) is 5.95 Å². The third-order valence-corrected chi connectivity index (χ3v) is 9.04. The van der Waals surface area contributed by atoms with Crippen molar-refractivity contribution < 1.29 is 60.2 Å². The standard InChI is InChI=1S/C10H13N5O5.C10H12N4O5.C9H12N2O6/c11-10-13-7-4(8(19)14-10)12-2-15(7)9-6(18)5(17)3(1-16)20-9;15-1-4-6(16)7(17)10(19-4)14-3-13-5-8(14)11-2-12-9(5)18;12-3-4-6(14)7(15)8(17-4)11-2-1-5(13)10-9(11)16/h2-3,5-6,9,16-18H,1H2,(H3,11,13,14,19);2-4,6-7,10,15-17H,1H2,(H,11,12,18);1-2,4,6-8,12,14-15H,3H2,(H,10,13,16)/t3-,5-,6-,9-;4-,6-,7-,10-;4-,6-,7-,8-/m111/s1. The molecule has 0 amide bonds. The van der Waals surface area contributed by atoms with Crippen molar-refractivity contribution in [1.82, 2.24) is 48.6 Å². The predicted octanol–water partition coefficient (Wildman–Crippen LogP) is -7.81. The van der Waals surface area contributed by atoms with Crippen molar-refractivity contribution in [2.75, 3.05) is 25.6 Å². The number of anilines is 1. The summed E-state index contributed by atoms with van der Waals surface area (Å²) in [5, 5.41) is 85.4. The number of nitrogens with two attached hydrogens (primary N) is 1. The fourth-order valence-electron chi connectivity index (χ4n) is 6.14. The van der Waals surface area contributed by atoms with E-state index in [1.54, 1.807) is 0 Å². The summed E-state index contributed by atoms with van der Waals surface area (Å²) in [6.07, 6.45) is -8.58. The Bertz CT molecular complexity index is 2380. The molecule has 0 spiro atoms. The summed E-state index contributed by atoms with van der Waals surface area (Å²) in [6.45, 7) is -1.35. The quantitative estimate of drug-likeness (QED) is 0.0759. The number of aliphatic hydroxyl groups excluding tert-OH is 9. The zero-order valence-electron chi connectivity index (χ0n) is 28.5. The van der Waals surface area contributed by atoms with Crippen LogP contribution in [0.3, 0.4) is 0 Å². The van der Waals surface area contributed by atoms with Gasteiger partial charge in [-0.15, -0.1) is 0 Å². The van der Waals surface area contributed by atoms with Crippen LogP contribution < -0.4 is 28.1 Å². The molecule has 304 valence electrons. The molecule has 8 rings (SSSR count). The summed E-state index contributed by atoms with van der Waals surface area (Å²) >= 11 is 0. The van der Waals surface area contributed by atoms with E-state index in [0.717, 1.165) is 16.8 Å². The number of H-pyrrole nitrogens is 3. The van der Waals surface area contributed by atoms with E-state index in [4.69, 9.17) is 35.3 Å². The highest BCUT2D eigenvalue weighted by Gasteiger charge is 2.46. The average molecular weight is 796 g/mol. The van der Waals surface area contributed by atoms with Crippen LogP contribution in [0.25, 0.3) is 22.3 Å². The Hall–Kier alpha value is -5.30. The molecule has 27 nitrogen and oxygen atoms in total. The van der Waals surface area contributed by atoms with Gasteiger partial charge in [0.1, 0.15) is 54.9 Å². The van der Waals surface area contributed by atoms with Gasteiger partial charge in [-0.3, -0.25) is 38.1 Å². The van der Waals surface area contributed by atoms with E-state index in [9.17, 15) is 49.8 Å². The third-order valence-electron chi connectivity index (χ3n) is 9.04. The minimum absolute atomic E-state index is 0.0388. The lowest BCUT2D eigenvalue weighted by molar-refractivity contribution is -0.0550. The number of ether oxygens (including phenoxy) is 3. The van der Waals surface area contributed by atoms with Gasteiger partial charge in [0.15, 0.2) is 41.0 Å². The summed E-state index contributed by atoms with van der Waals surface area (Å²) < 4.78 is 19.4. The lowest BCUT2D eigenvalue weighted by atomic mass is 10.1. The molecule has 0 aliphatic carbocycles. The van der Waals surface area contributed by atoms with Crippen molar-refractivity contribution >= 4 is 28.3 Å². The van der Waals surface area contributed by atoms with Crippen molar-refractivity contribution in [2.45, 2.75) is 73.6 Å². The Morgan fingerprint density at radius 2 is 1.09 bits per heavy atom. The number of fused-ring (bicyclic) bond motifs is 2. The molecule has 3 saturated heterocycles. The summed E-state index contributed by atoms with van der Waals surface area (Å²) in [5.41, 5.74) is 3.73. The number of nitrogens with one attached hydrogen (secondary N) is 3. The van der Waals surface area contributed by atoms with E-state index in [-0.39, 0.29) is 28.3 Å². The number of hydrogen-bond acceptors (Lipinski definition) is 21. The molecule has 3 fully saturated rings. The second-order valence-corrected chi connectivity index (χ2v) is 12.5. The number of aromatic amines is 3. The van der Waals surface area contributed by atoms with Crippen LogP contribution in [0.15, 0.2) is 50.4 Å². The topological polar surface area (TPSA) is 418 Å². The SMILES string of the molecule is Nc1nc2c(ncn2[C@@H]2O[C@H](CO)[C@@H](O)[C@H]2O)c(=O)[nH]1.O=c1[nH]cnc2c1ncn2[C@@H]1O[C@H](CO)[C@@H](O)[C@H]1O.O=c1ccn([C@@H]2O[C@H](CO)[C@@H](O)[C@H]2O)c(=O)[nH]1. The molecule has 5 aromatic rings. The third kappa shape index (κ3) is 7.48. The number of rotatable bonds is 6. The van der Waals surface area contributed by atoms with Gasteiger partial charge in [-0.1, -0.05) is 0 Å². The fourth-order valence-corrected chi connectivity index (χ4v) is 6.14. The first-order chi connectivity index (χ1) is 26.7. The highest BCUT2D eigenvalue weighted by molar-refractivity contribution is 5.70. The number of nitrogen functional groups attached to an aromatic ring is 1. The normalized spacial score (nSPS) is 31.3. The largest absolute Gasteiger partial charge is 0.394 e. The van der Waals surface area contributed by atoms with Crippen LogP contribution in [-0.4, -0.2) is 169 Å². The maximum absolute atomic E-state index is 11.7. The van der Waals surface area contributed by atoms with Gasteiger partial charge < -0.3 is 70.9 Å². The van der Waals surface area contributed by atoms with Gasteiger partial charge in [-0.05, 0) is 0 Å². The van der Waals surface area contributed by atoms with Crippen molar-refractivity contribution in [1.29, 1.82) is 0 Å². The maximum Gasteiger partial charge on any atom is 0.330 e. The molecule has 8 heterocycles. The smallest absolute Gasteiger partial charge is 0.330 e. The first kappa shape index (κ1) is 40.4. The van der Waals surface area contributed by atoms with Crippen LogP contribution in [0.2, 0.25) is 0 Å². The number of hydrogen-bond donors (Lipinski definition) is 13. The van der Waals surface area contributed by atoms with Crippen molar-refractivity contribution in [3.8, 4) is 0 Å². The summed E-state index contributed by atoms with van der Waals surface area (Å²) in [4.78, 5) is 67.8. The van der Waals surface area contributed by atoms with E-state index >= 15 is 0 Å². The Balaban J connectivity index is 0.000000143. The monoisotopic (exact) mass is 795 g/mol. The van der Waals surface area contributed by atoms with Gasteiger partial charge in [-0.25, -0.2) is 19.7 Å². The van der Waals surface area contributed by atoms with E-state index in [1.807, 2.05) is 4.98 Å². The molecule has 27 heteroatoms. The summed E-state index contributed by atoms with van der Waals surface area (Å²) in [5.74, 6) is -0.101. The van der Waals surface area contributed by atoms with Crippen LogP contribution in [0.4, 0.5) is 5.95 Å². The number of aromatic nitrogens is 10. The van der Waals surface area contributed by atoms with E-state index < -0.39 is 116 Å². The van der Waals surface area contributed by atoms with Crippen LogP contribution in [0, 0.1) is 0 Å². The molecule has 56 heavy (non-hydrogen) atoms. The van der Waals surface area contributed by atoms with E-state index in [0.29, 0.717) is 0 Å². The molecule has 0 radical (unpaired) electrons. The van der Waals surface area contributed by atoms with Crippen molar-refractivity contribution in [3.05, 3.63) is 72.8 Å². The van der Waals surface area contributed by atoms with Crippen LogP contribution in [-0.2, 0) is 14.2 Å². The lowest BCUT2D eigenvalue weighted by Crippen LogP contribution is -2.37. The molecular weight excluding hydrogens is 758 g/mol. The molecule has 0 unspecified atom stereocenters.